The monoisotopic (exact) mass is 476 g/mol. The van der Waals surface area contributed by atoms with Crippen molar-refractivity contribution in [3.05, 3.63) is 11.1 Å². The van der Waals surface area contributed by atoms with Gasteiger partial charge in [0.05, 0.1) is 25.4 Å². The van der Waals surface area contributed by atoms with Gasteiger partial charge in [-0.3, -0.25) is 0 Å². The zero-order chi connectivity index (χ0) is 25.1. The molecule has 0 aromatic carbocycles. The van der Waals surface area contributed by atoms with Crippen LogP contribution in [0.2, 0.25) is 0 Å². The third-order valence-corrected chi connectivity index (χ3v) is 11.7. The fourth-order valence-corrected chi connectivity index (χ4v) is 8.14. The summed E-state index contributed by atoms with van der Waals surface area (Å²) < 4.78 is 12.4. The highest BCUT2D eigenvalue weighted by atomic mass is 16.5. The summed E-state index contributed by atoms with van der Waals surface area (Å²) in [6.07, 6.45) is 7.15. The number of fused-ring (bicyclic) bond motifs is 4. The lowest BCUT2D eigenvalue weighted by Crippen LogP contribution is -2.37. The van der Waals surface area contributed by atoms with Crippen LogP contribution in [0.1, 0.15) is 92.9 Å². The molecule has 192 valence electrons. The Morgan fingerprint density at radius 1 is 0.706 bits per heavy atom. The molecule has 0 amide bonds. The average molecular weight is 477 g/mol. The number of hydrogen-bond donors (Lipinski definition) is 2. The largest absolute Gasteiger partial charge is 0.478 e. The molecule has 0 spiro atoms. The highest BCUT2D eigenvalue weighted by Crippen LogP contribution is 2.67. The van der Waals surface area contributed by atoms with Gasteiger partial charge in [-0.15, -0.1) is 0 Å². The van der Waals surface area contributed by atoms with Crippen molar-refractivity contribution in [1.29, 1.82) is 0 Å². The molecule has 6 heteroatoms. The summed E-state index contributed by atoms with van der Waals surface area (Å²) in [4.78, 5) is 24.0. The molecule has 0 aromatic heterocycles. The smallest absolute Gasteiger partial charge is 0.332 e. The Kier molecular flexibility index (Phi) is 6.51. The lowest BCUT2D eigenvalue weighted by atomic mass is 9.70. The zero-order valence-electron chi connectivity index (χ0n) is 21.9. The molecular weight excluding hydrogens is 432 g/mol. The maximum absolute atomic E-state index is 12.0. The van der Waals surface area contributed by atoms with E-state index in [2.05, 4.69) is 41.5 Å². The highest BCUT2D eigenvalue weighted by molar-refractivity contribution is 5.98. The van der Waals surface area contributed by atoms with E-state index in [1.165, 1.54) is 12.8 Å². The molecule has 4 aliphatic carbocycles. The van der Waals surface area contributed by atoms with E-state index in [0.717, 1.165) is 25.7 Å². The van der Waals surface area contributed by atoms with Crippen LogP contribution in [0.4, 0.5) is 0 Å². The average Bonchev–Trinajstić information content (AvgIpc) is 3.26. The van der Waals surface area contributed by atoms with E-state index < -0.39 is 11.9 Å². The lowest BCUT2D eigenvalue weighted by Gasteiger charge is -2.39. The highest BCUT2D eigenvalue weighted by Gasteiger charge is 2.62. The summed E-state index contributed by atoms with van der Waals surface area (Å²) in [6.45, 7) is 14.3. The van der Waals surface area contributed by atoms with Gasteiger partial charge in [0.1, 0.15) is 0 Å². The summed E-state index contributed by atoms with van der Waals surface area (Å²) in [5, 5.41) is 19.6. The van der Waals surface area contributed by atoms with E-state index in [1.54, 1.807) is 0 Å². The van der Waals surface area contributed by atoms with Crippen LogP contribution in [-0.4, -0.2) is 47.6 Å². The van der Waals surface area contributed by atoms with Crippen LogP contribution in [0.25, 0.3) is 0 Å². The third-order valence-electron chi connectivity index (χ3n) is 11.7. The number of ether oxygens (including phenoxy) is 2. The van der Waals surface area contributed by atoms with Crippen LogP contribution in [0.3, 0.4) is 0 Å². The van der Waals surface area contributed by atoms with Gasteiger partial charge in [0.25, 0.3) is 0 Å². The van der Waals surface area contributed by atoms with E-state index in [9.17, 15) is 19.8 Å². The van der Waals surface area contributed by atoms with Crippen molar-refractivity contribution >= 4 is 11.9 Å². The Hall–Kier alpha value is -1.40. The minimum Gasteiger partial charge on any atom is -0.478 e. The van der Waals surface area contributed by atoms with E-state index >= 15 is 0 Å². The van der Waals surface area contributed by atoms with Crippen molar-refractivity contribution in [2.45, 2.75) is 105 Å². The number of hydrogen-bond acceptors (Lipinski definition) is 4. The second-order valence-corrected chi connectivity index (χ2v) is 13.0. The molecule has 0 heterocycles. The SMILES string of the molecule is CC1(C)C2CCC1(C)C(OCC/C(C(=O)O)=C(/CCOC1CC3CCC1(C)C3(C)C)C(=O)O)C2. The number of aliphatic carboxylic acids is 2. The first-order valence-electron chi connectivity index (χ1n) is 13.2. The Labute approximate surface area is 204 Å². The van der Waals surface area contributed by atoms with Crippen LogP contribution in [0, 0.1) is 33.5 Å². The number of carbonyl (C=O) groups is 2. The molecule has 6 atom stereocenters. The summed E-state index contributed by atoms with van der Waals surface area (Å²) in [7, 11) is 0. The van der Waals surface area contributed by atoms with Crippen molar-refractivity contribution in [2.75, 3.05) is 13.2 Å². The molecule has 34 heavy (non-hydrogen) atoms. The van der Waals surface area contributed by atoms with Crippen LogP contribution in [0.15, 0.2) is 11.1 Å². The van der Waals surface area contributed by atoms with E-state index in [4.69, 9.17) is 9.47 Å². The van der Waals surface area contributed by atoms with Gasteiger partial charge in [-0.25, -0.2) is 9.59 Å². The molecule has 2 N–H and O–H groups in total. The summed E-state index contributed by atoms with van der Waals surface area (Å²) in [6, 6.07) is 0. The fourth-order valence-electron chi connectivity index (χ4n) is 8.14. The molecule has 4 fully saturated rings. The number of rotatable bonds is 10. The maximum atomic E-state index is 12.0. The Bertz CT molecular complexity index is 802. The molecule has 6 nitrogen and oxygen atoms in total. The van der Waals surface area contributed by atoms with Gasteiger partial charge in [-0.2, -0.15) is 0 Å². The molecule has 6 unspecified atom stereocenters. The number of carboxylic acid groups (broad SMARTS) is 2. The van der Waals surface area contributed by atoms with Crippen LogP contribution >= 0.6 is 0 Å². The Balaban J connectivity index is 1.37. The van der Waals surface area contributed by atoms with Crippen LogP contribution in [-0.2, 0) is 19.1 Å². The quantitative estimate of drug-likeness (QED) is 0.393. The summed E-state index contributed by atoms with van der Waals surface area (Å²) >= 11 is 0. The first kappa shape index (κ1) is 25.7. The van der Waals surface area contributed by atoms with Crippen molar-refractivity contribution in [2.24, 2.45) is 33.5 Å². The topological polar surface area (TPSA) is 93.1 Å². The fraction of sp³-hybridized carbons (Fsp3) is 0.857. The lowest BCUT2D eigenvalue weighted by molar-refractivity contribution is -0.136. The molecule has 4 aliphatic rings. The first-order valence-corrected chi connectivity index (χ1v) is 13.2. The second kappa shape index (κ2) is 8.62. The predicted octanol–water partition coefficient (Wildman–Crippen LogP) is 5.70. The van der Waals surface area contributed by atoms with Crippen molar-refractivity contribution in [1.82, 2.24) is 0 Å². The Morgan fingerprint density at radius 3 is 1.29 bits per heavy atom. The van der Waals surface area contributed by atoms with Crippen molar-refractivity contribution < 1.29 is 29.3 Å². The zero-order valence-corrected chi connectivity index (χ0v) is 21.9. The van der Waals surface area contributed by atoms with Gasteiger partial charge in [-0.1, -0.05) is 41.5 Å². The normalized spacial score (nSPS) is 39.9. The molecule has 0 radical (unpaired) electrons. The first-order chi connectivity index (χ1) is 15.8. The second-order valence-electron chi connectivity index (χ2n) is 13.0. The Morgan fingerprint density at radius 2 is 1.06 bits per heavy atom. The van der Waals surface area contributed by atoms with Crippen LogP contribution < -0.4 is 0 Å². The van der Waals surface area contributed by atoms with Crippen molar-refractivity contribution in [3.63, 3.8) is 0 Å². The van der Waals surface area contributed by atoms with E-state index in [0.29, 0.717) is 11.8 Å². The van der Waals surface area contributed by atoms with Crippen LogP contribution in [0.5, 0.6) is 0 Å². The van der Waals surface area contributed by atoms with Gasteiger partial charge >= 0.3 is 11.9 Å². The minimum absolute atomic E-state index is 0.0526. The van der Waals surface area contributed by atoms with E-state index in [-0.39, 0.29) is 71.1 Å². The summed E-state index contributed by atoms with van der Waals surface area (Å²) in [5.41, 5.74) is 0.526. The molecule has 4 bridgehead atoms. The van der Waals surface area contributed by atoms with Gasteiger partial charge in [-0.05, 0) is 72.0 Å². The maximum Gasteiger partial charge on any atom is 0.332 e. The molecule has 0 aromatic rings. The number of carboxylic acids is 2. The standard InChI is InChI=1S/C28H44O6/c1-25(2)17-7-11-27(25,5)21(15-17)33-13-9-19(23(29)30)20(24(31)32)10-14-34-22-16-18-8-12-28(22,6)26(18,3)4/h17-18,21-22H,7-16H2,1-6H3,(H,29,30)(H,31,32)/b20-19+. The van der Waals surface area contributed by atoms with E-state index in [1.807, 2.05) is 0 Å². The van der Waals surface area contributed by atoms with Gasteiger partial charge < -0.3 is 19.7 Å². The van der Waals surface area contributed by atoms with Crippen molar-refractivity contribution in [3.8, 4) is 0 Å². The predicted molar refractivity (Wildman–Crippen MR) is 129 cm³/mol. The van der Waals surface area contributed by atoms with Gasteiger partial charge in [0.2, 0.25) is 0 Å². The molecular formula is C28H44O6. The van der Waals surface area contributed by atoms with Gasteiger partial charge in [0, 0.05) is 24.0 Å². The molecule has 0 aliphatic heterocycles. The summed E-state index contributed by atoms with van der Waals surface area (Å²) in [5.74, 6) is -1.06. The molecule has 4 saturated carbocycles. The molecule has 4 rings (SSSR count). The molecule has 0 saturated heterocycles. The minimum atomic E-state index is -1.17. The third kappa shape index (κ3) is 3.75. The van der Waals surface area contributed by atoms with Gasteiger partial charge in [0.15, 0.2) is 0 Å².